The highest BCUT2D eigenvalue weighted by molar-refractivity contribution is 5.75. The highest BCUT2D eigenvalue weighted by Gasteiger charge is 2.07. The van der Waals surface area contributed by atoms with Crippen LogP contribution in [0.3, 0.4) is 0 Å². The van der Waals surface area contributed by atoms with Gasteiger partial charge in [0.25, 0.3) is 0 Å². The number of hydrazine groups is 1. The molecule has 0 radical (unpaired) electrons. The van der Waals surface area contributed by atoms with Gasteiger partial charge in [0.05, 0.1) is 12.9 Å². The van der Waals surface area contributed by atoms with Gasteiger partial charge in [0.15, 0.2) is 0 Å². The molecule has 0 saturated heterocycles. The number of rotatable bonds is 8. The van der Waals surface area contributed by atoms with Gasteiger partial charge in [-0.25, -0.2) is 5.43 Å². The highest BCUT2D eigenvalue weighted by atomic mass is 15.5. The third kappa shape index (κ3) is 10.6. The number of nitrogens with one attached hydrogen (secondary N) is 3. The summed E-state index contributed by atoms with van der Waals surface area (Å²) in [6, 6.07) is 6.43. The van der Waals surface area contributed by atoms with Gasteiger partial charge in [-0.1, -0.05) is 33.4 Å². The van der Waals surface area contributed by atoms with Crippen molar-refractivity contribution < 1.29 is 0 Å². The largest absolute Gasteiger partial charge is 0.388 e. The summed E-state index contributed by atoms with van der Waals surface area (Å²) in [6.45, 7) is 13.9. The van der Waals surface area contributed by atoms with Gasteiger partial charge in [-0.05, 0) is 50.7 Å². The van der Waals surface area contributed by atoms with E-state index in [9.17, 15) is 0 Å². The summed E-state index contributed by atoms with van der Waals surface area (Å²) in [4.78, 5) is 4.26. The Morgan fingerprint density at radius 2 is 1.76 bits per heavy atom. The van der Waals surface area contributed by atoms with Crippen molar-refractivity contribution in [2.24, 2.45) is 4.99 Å². The summed E-state index contributed by atoms with van der Waals surface area (Å²) in [6.07, 6.45) is 2.78. The third-order valence-electron chi connectivity index (χ3n) is 3.20. The number of aliphatic imine (C=N–C) groups is 1. The molecular formula is C20H39N5. The van der Waals surface area contributed by atoms with Crippen molar-refractivity contribution in [3.05, 3.63) is 35.9 Å². The summed E-state index contributed by atoms with van der Waals surface area (Å²) in [5, 5.41) is 7.94. The molecular weight excluding hydrogens is 310 g/mol. The highest BCUT2D eigenvalue weighted by Crippen LogP contribution is 2.26. The van der Waals surface area contributed by atoms with E-state index in [0.717, 1.165) is 30.8 Å². The van der Waals surface area contributed by atoms with Crippen LogP contribution >= 0.6 is 0 Å². The van der Waals surface area contributed by atoms with Crippen molar-refractivity contribution in [3.63, 3.8) is 0 Å². The minimum absolute atomic E-state index is 0.772. The molecule has 5 heteroatoms. The average molecular weight is 350 g/mol. The predicted octanol–water partition coefficient (Wildman–Crippen LogP) is 4.00. The molecule has 0 bridgehead atoms. The summed E-state index contributed by atoms with van der Waals surface area (Å²) >= 11 is 0. The van der Waals surface area contributed by atoms with Gasteiger partial charge in [-0.2, -0.15) is 0 Å². The molecule has 0 saturated carbocycles. The molecule has 0 heterocycles. The van der Waals surface area contributed by atoms with Gasteiger partial charge in [0, 0.05) is 31.9 Å². The Kier molecular flexibility index (Phi) is 17.3. The lowest BCUT2D eigenvalue weighted by Crippen LogP contribution is -2.33. The first-order chi connectivity index (χ1) is 12.1. The second-order valence-corrected chi connectivity index (χ2v) is 5.05. The van der Waals surface area contributed by atoms with Gasteiger partial charge in [0.1, 0.15) is 0 Å². The van der Waals surface area contributed by atoms with E-state index < -0.39 is 0 Å². The van der Waals surface area contributed by atoms with Gasteiger partial charge < -0.3 is 10.6 Å². The van der Waals surface area contributed by atoms with Crippen molar-refractivity contribution in [1.82, 2.24) is 15.8 Å². The Labute approximate surface area is 155 Å². The zero-order chi connectivity index (χ0) is 19.7. The lowest BCUT2D eigenvalue weighted by atomic mass is 10.0. The fraction of sp³-hybridized carbons (Fsp3) is 0.550. The minimum Gasteiger partial charge on any atom is -0.388 e. The first-order valence-corrected chi connectivity index (χ1v) is 9.09. The number of benzene rings is 1. The standard InChI is InChI=1S/C16H26N4.C2H7N.C2H6/c1-6-13(3)15-10-14(8-9-16(15)17-4)11-20(18-5)12-19-7-2;1-3-2;1-2/h8-10,12,17-18H,3,6-7,11H2,1-2,4-5H3;3H,1-2H3;1-2H3. The molecule has 5 nitrogen and oxygen atoms in total. The lowest BCUT2D eigenvalue weighted by molar-refractivity contribution is 0.341. The van der Waals surface area contributed by atoms with Crippen LogP contribution in [0.4, 0.5) is 5.69 Å². The third-order valence-corrected chi connectivity index (χ3v) is 3.20. The maximum absolute atomic E-state index is 4.26. The van der Waals surface area contributed by atoms with Crippen molar-refractivity contribution in [2.45, 2.75) is 40.7 Å². The van der Waals surface area contributed by atoms with Crippen LogP contribution in [0, 0.1) is 0 Å². The van der Waals surface area contributed by atoms with E-state index >= 15 is 0 Å². The fourth-order valence-electron chi connectivity index (χ4n) is 1.95. The molecule has 3 N–H and O–H groups in total. The van der Waals surface area contributed by atoms with Crippen molar-refractivity contribution in [3.8, 4) is 0 Å². The second kappa shape index (κ2) is 17.0. The first kappa shape index (κ1) is 25.4. The Hall–Kier alpha value is -1.85. The molecule has 1 aromatic carbocycles. The Morgan fingerprint density at radius 1 is 1.16 bits per heavy atom. The van der Waals surface area contributed by atoms with Crippen LogP contribution in [0.1, 0.15) is 45.2 Å². The van der Waals surface area contributed by atoms with E-state index in [-0.39, 0.29) is 0 Å². The van der Waals surface area contributed by atoms with Crippen LogP contribution < -0.4 is 16.1 Å². The SMILES string of the molecule is C=C(CC)c1cc(CN(C=NCC)NC)ccc1NC.CC.CNC. The quantitative estimate of drug-likeness (QED) is 0.377. The molecule has 0 aliphatic carbocycles. The van der Waals surface area contributed by atoms with Gasteiger partial charge >= 0.3 is 0 Å². The second-order valence-electron chi connectivity index (χ2n) is 5.05. The van der Waals surface area contributed by atoms with Crippen LogP contribution in [0.5, 0.6) is 0 Å². The van der Waals surface area contributed by atoms with Crippen LogP contribution in [0.2, 0.25) is 0 Å². The summed E-state index contributed by atoms with van der Waals surface area (Å²) < 4.78 is 0. The molecule has 1 aromatic rings. The summed E-state index contributed by atoms with van der Waals surface area (Å²) in [5.41, 5.74) is 7.81. The number of hydrogen-bond acceptors (Lipinski definition) is 4. The Balaban J connectivity index is 0. The van der Waals surface area contributed by atoms with Gasteiger partial charge in [-0.15, -0.1) is 0 Å². The molecule has 0 fully saturated rings. The van der Waals surface area contributed by atoms with E-state index in [1.807, 2.05) is 60.3 Å². The zero-order valence-electron chi connectivity index (χ0n) is 17.5. The molecule has 0 aliphatic heterocycles. The molecule has 144 valence electrons. The monoisotopic (exact) mass is 349 g/mol. The number of nitrogens with zero attached hydrogens (tertiary/aromatic N) is 2. The minimum atomic E-state index is 0.772. The number of anilines is 1. The number of hydrogen-bond donors (Lipinski definition) is 3. The molecule has 0 amide bonds. The molecule has 0 unspecified atom stereocenters. The zero-order valence-corrected chi connectivity index (χ0v) is 17.5. The lowest BCUT2D eigenvalue weighted by Gasteiger charge is -2.19. The van der Waals surface area contributed by atoms with Crippen LogP contribution in [-0.4, -0.2) is 46.1 Å². The van der Waals surface area contributed by atoms with E-state index in [2.05, 4.69) is 52.8 Å². The molecule has 25 heavy (non-hydrogen) atoms. The Bertz CT molecular complexity index is 483. The predicted molar refractivity (Wildman–Crippen MR) is 115 cm³/mol. The van der Waals surface area contributed by atoms with E-state index in [4.69, 9.17) is 0 Å². The smallest absolute Gasteiger partial charge is 0.0995 e. The molecule has 0 aliphatic rings. The maximum atomic E-state index is 4.26. The van der Waals surface area contributed by atoms with Crippen molar-refractivity contribution in [2.75, 3.05) is 40.1 Å². The van der Waals surface area contributed by atoms with Gasteiger partial charge in [-0.3, -0.25) is 10.0 Å². The normalized spacial score (nSPS) is 9.60. The molecule has 0 aromatic heterocycles. The first-order valence-electron chi connectivity index (χ1n) is 9.09. The maximum Gasteiger partial charge on any atom is 0.0995 e. The van der Waals surface area contributed by atoms with Crippen molar-refractivity contribution in [1.29, 1.82) is 0 Å². The van der Waals surface area contributed by atoms with E-state index in [1.54, 1.807) is 0 Å². The van der Waals surface area contributed by atoms with E-state index in [0.29, 0.717) is 0 Å². The summed E-state index contributed by atoms with van der Waals surface area (Å²) in [7, 11) is 7.59. The van der Waals surface area contributed by atoms with Gasteiger partial charge in [0.2, 0.25) is 0 Å². The molecule has 0 atom stereocenters. The molecule has 1 rings (SSSR count). The molecule has 0 spiro atoms. The van der Waals surface area contributed by atoms with Crippen molar-refractivity contribution >= 4 is 17.6 Å². The van der Waals surface area contributed by atoms with Crippen LogP contribution in [0.15, 0.2) is 29.8 Å². The Morgan fingerprint density at radius 3 is 2.20 bits per heavy atom. The number of allylic oxidation sites excluding steroid dienone is 1. The van der Waals surface area contributed by atoms with E-state index in [1.165, 1.54) is 11.1 Å². The topological polar surface area (TPSA) is 51.7 Å². The fourth-order valence-corrected chi connectivity index (χ4v) is 1.95. The summed E-state index contributed by atoms with van der Waals surface area (Å²) in [5.74, 6) is 0. The van der Waals surface area contributed by atoms with Crippen LogP contribution in [-0.2, 0) is 6.54 Å². The average Bonchev–Trinajstić information content (AvgIpc) is 2.66. The van der Waals surface area contributed by atoms with Crippen LogP contribution in [0.25, 0.3) is 5.57 Å².